The third-order valence-corrected chi connectivity index (χ3v) is 7.93. The minimum Gasteiger partial charge on any atom is -0.506 e. The second-order valence-corrected chi connectivity index (χ2v) is 10.1. The van der Waals surface area contributed by atoms with Gasteiger partial charge in [0, 0.05) is 31.7 Å². The first kappa shape index (κ1) is 21.6. The molecule has 0 spiro atoms. The highest BCUT2D eigenvalue weighted by Crippen LogP contribution is 2.33. The number of para-hydroxylation sites is 2. The Kier molecular flexibility index (Phi) is 6.48. The van der Waals surface area contributed by atoms with E-state index in [9.17, 15) is 18.3 Å². The van der Waals surface area contributed by atoms with Gasteiger partial charge in [-0.1, -0.05) is 18.6 Å². The number of phenols is 1. The third-order valence-electron chi connectivity index (χ3n) is 6.00. The molecule has 2 heterocycles. The Morgan fingerprint density at radius 1 is 0.871 bits per heavy atom. The van der Waals surface area contributed by atoms with Gasteiger partial charge in [0.2, 0.25) is 10.0 Å². The standard InChI is InChI=1S/C23H29N3O4S/c27-21-10-4-3-9-19(21)24-23(28)18-11-12-20(25-13-5-1-6-14-25)22(17-18)31(29,30)26-15-7-2-8-16-26/h3-4,9-12,17,27H,1-2,5-8,13-16H2,(H,24,28). The van der Waals surface area contributed by atoms with Gasteiger partial charge < -0.3 is 15.3 Å². The van der Waals surface area contributed by atoms with Crippen LogP contribution in [0.1, 0.15) is 48.9 Å². The molecule has 0 aliphatic carbocycles. The van der Waals surface area contributed by atoms with Crippen molar-refractivity contribution in [2.45, 2.75) is 43.4 Å². The van der Waals surface area contributed by atoms with Crippen LogP contribution in [0.2, 0.25) is 0 Å². The summed E-state index contributed by atoms with van der Waals surface area (Å²) in [5.74, 6) is -0.497. The number of benzene rings is 2. The number of nitrogens with zero attached hydrogens (tertiary/aromatic N) is 2. The van der Waals surface area contributed by atoms with Crippen molar-refractivity contribution in [2.75, 3.05) is 36.4 Å². The first-order valence-electron chi connectivity index (χ1n) is 11.0. The fourth-order valence-electron chi connectivity index (χ4n) is 4.28. The van der Waals surface area contributed by atoms with E-state index in [1.807, 2.05) is 0 Å². The number of sulfonamides is 1. The number of nitrogens with one attached hydrogen (secondary N) is 1. The summed E-state index contributed by atoms with van der Waals surface area (Å²) in [6, 6.07) is 11.4. The van der Waals surface area contributed by atoms with Crippen molar-refractivity contribution in [1.29, 1.82) is 0 Å². The molecule has 4 rings (SSSR count). The number of aromatic hydroxyl groups is 1. The molecule has 2 N–H and O–H groups in total. The number of phenolic OH excluding ortho intramolecular Hbond substituents is 1. The molecule has 2 aromatic carbocycles. The number of hydrogen-bond donors (Lipinski definition) is 2. The van der Waals surface area contributed by atoms with Gasteiger partial charge in [-0.15, -0.1) is 0 Å². The molecule has 0 aromatic heterocycles. The van der Waals surface area contributed by atoms with Gasteiger partial charge in [-0.3, -0.25) is 4.79 Å². The van der Waals surface area contributed by atoms with Gasteiger partial charge >= 0.3 is 0 Å². The quantitative estimate of drug-likeness (QED) is 0.686. The third kappa shape index (κ3) is 4.70. The highest BCUT2D eigenvalue weighted by Gasteiger charge is 2.31. The highest BCUT2D eigenvalue weighted by molar-refractivity contribution is 7.89. The van der Waals surface area contributed by atoms with Crippen LogP contribution in [0.5, 0.6) is 5.75 Å². The van der Waals surface area contributed by atoms with Crippen molar-refractivity contribution in [3.63, 3.8) is 0 Å². The summed E-state index contributed by atoms with van der Waals surface area (Å²) in [6.07, 6.45) is 5.94. The van der Waals surface area contributed by atoms with Crippen LogP contribution in [-0.4, -0.2) is 49.9 Å². The number of rotatable bonds is 5. The molecule has 0 atom stereocenters. The molecule has 0 bridgehead atoms. The lowest BCUT2D eigenvalue weighted by atomic mass is 10.1. The Morgan fingerprint density at radius 3 is 2.19 bits per heavy atom. The molecule has 2 aromatic rings. The smallest absolute Gasteiger partial charge is 0.255 e. The van der Waals surface area contributed by atoms with Crippen LogP contribution in [0.3, 0.4) is 0 Å². The molecule has 0 unspecified atom stereocenters. The highest BCUT2D eigenvalue weighted by atomic mass is 32.2. The summed E-state index contributed by atoms with van der Waals surface area (Å²) in [5, 5.41) is 12.6. The molecular weight excluding hydrogens is 414 g/mol. The van der Waals surface area contributed by atoms with Crippen LogP contribution < -0.4 is 10.2 Å². The zero-order chi connectivity index (χ0) is 21.8. The van der Waals surface area contributed by atoms with Crippen molar-refractivity contribution in [3.05, 3.63) is 48.0 Å². The maximum Gasteiger partial charge on any atom is 0.255 e. The topological polar surface area (TPSA) is 90.0 Å². The molecule has 31 heavy (non-hydrogen) atoms. The van der Waals surface area contributed by atoms with Crippen LogP contribution in [0.15, 0.2) is 47.4 Å². The number of carbonyl (C=O) groups is 1. The minimum absolute atomic E-state index is 0.0399. The molecule has 1 amide bonds. The maximum absolute atomic E-state index is 13.6. The van der Waals surface area contributed by atoms with Gasteiger partial charge in [0.05, 0.1) is 11.4 Å². The lowest BCUT2D eigenvalue weighted by molar-refractivity contribution is 0.102. The van der Waals surface area contributed by atoms with Crippen LogP contribution >= 0.6 is 0 Å². The maximum atomic E-state index is 13.6. The second-order valence-electron chi connectivity index (χ2n) is 8.17. The average Bonchev–Trinajstić information content (AvgIpc) is 2.81. The van der Waals surface area contributed by atoms with E-state index >= 15 is 0 Å². The van der Waals surface area contributed by atoms with Gasteiger partial charge in [0.1, 0.15) is 10.6 Å². The zero-order valence-electron chi connectivity index (χ0n) is 17.6. The SMILES string of the molecule is O=C(Nc1ccccc1O)c1ccc(N2CCCCC2)c(S(=O)(=O)N2CCCCC2)c1. The van der Waals surface area contributed by atoms with Gasteiger partial charge in [-0.05, 0) is 62.4 Å². The van der Waals surface area contributed by atoms with Gasteiger partial charge in [0.25, 0.3) is 5.91 Å². The van der Waals surface area contributed by atoms with Crippen molar-refractivity contribution in [1.82, 2.24) is 4.31 Å². The molecule has 8 heteroatoms. The molecule has 2 aliphatic rings. The Hall–Kier alpha value is -2.58. The van der Waals surface area contributed by atoms with E-state index in [1.165, 1.54) is 12.1 Å². The van der Waals surface area contributed by atoms with E-state index in [4.69, 9.17) is 0 Å². The van der Waals surface area contributed by atoms with Crippen LogP contribution in [-0.2, 0) is 10.0 Å². The Morgan fingerprint density at radius 2 is 1.52 bits per heavy atom. The van der Waals surface area contributed by atoms with E-state index in [0.717, 1.165) is 51.6 Å². The van der Waals surface area contributed by atoms with Gasteiger partial charge in [0.15, 0.2) is 0 Å². The predicted molar refractivity (Wildman–Crippen MR) is 121 cm³/mol. The van der Waals surface area contributed by atoms with E-state index in [-0.39, 0.29) is 21.9 Å². The molecule has 0 radical (unpaired) electrons. The Bertz CT molecular complexity index is 1040. The summed E-state index contributed by atoms with van der Waals surface area (Å²) in [5.41, 5.74) is 1.21. The fraction of sp³-hybridized carbons (Fsp3) is 0.435. The normalized spacial score (nSPS) is 18.0. The summed E-state index contributed by atoms with van der Waals surface area (Å²) in [4.78, 5) is 15.2. The molecule has 166 valence electrons. The Balaban J connectivity index is 1.70. The molecule has 7 nitrogen and oxygen atoms in total. The molecule has 2 saturated heterocycles. The van der Waals surface area contributed by atoms with E-state index in [2.05, 4.69) is 10.2 Å². The lowest BCUT2D eigenvalue weighted by Gasteiger charge is -2.33. The molecule has 2 fully saturated rings. The van der Waals surface area contributed by atoms with Gasteiger partial charge in [-0.2, -0.15) is 4.31 Å². The van der Waals surface area contributed by atoms with Crippen molar-refractivity contribution in [3.8, 4) is 5.75 Å². The van der Waals surface area contributed by atoms with Crippen LogP contribution in [0.4, 0.5) is 11.4 Å². The second kappa shape index (κ2) is 9.28. The number of piperidine rings is 2. The summed E-state index contributed by atoms with van der Waals surface area (Å²) >= 11 is 0. The number of hydrogen-bond acceptors (Lipinski definition) is 5. The lowest BCUT2D eigenvalue weighted by Crippen LogP contribution is -2.37. The van der Waals surface area contributed by atoms with E-state index < -0.39 is 15.9 Å². The monoisotopic (exact) mass is 443 g/mol. The molecular formula is C23H29N3O4S. The van der Waals surface area contributed by atoms with Crippen LogP contribution in [0, 0.1) is 0 Å². The summed E-state index contributed by atoms with van der Waals surface area (Å²) in [6.45, 7) is 2.64. The first-order chi connectivity index (χ1) is 15.0. The minimum atomic E-state index is -3.72. The summed E-state index contributed by atoms with van der Waals surface area (Å²) < 4.78 is 28.7. The number of carbonyl (C=O) groups excluding carboxylic acids is 1. The number of anilines is 2. The van der Waals surface area contributed by atoms with E-state index in [0.29, 0.717) is 18.8 Å². The zero-order valence-corrected chi connectivity index (χ0v) is 18.4. The average molecular weight is 444 g/mol. The fourth-order valence-corrected chi connectivity index (χ4v) is 6.03. The first-order valence-corrected chi connectivity index (χ1v) is 12.4. The molecule has 2 aliphatic heterocycles. The van der Waals surface area contributed by atoms with E-state index in [1.54, 1.807) is 34.6 Å². The van der Waals surface area contributed by atoms with Crippen molar-refractivity contribution < 1.29 is 18.3 Å². The Labute approximate surface area is 183 Å². The van der Waals surface area contributed by atoms with Crippen molar-refractivity contribution >= 4 is 27.3 Å². The van der Waals surface area contributed by atoms with Crippen LogP contribution in [0.25, 0.3) is 0 Å². The molecule has 0 saturated carbocycles. The van der Waals surface area contributed by atoms with Crippen molar-refractivity contribution in [2.24, 2.45) is 0 Å². The largest absolute Gasteiger partial charge is 0.506 e. The summed E-state index contributed by atoms with van der Waals surface area (Å²) in [7, 11) is -3.72. The number of amides is 1. The predicted octanol–water partition coefficient (Wildman–Crippen LogP) is 3.81. The van der Waals surface area contributed by atoms with Gasteiger partial charge in [-0.25, -0.2) is 8.42 Å².